The molecule has 0 atom stereocenters. The molecule has 4 rings (SSSR count). The summed E-state index contributed by atoms with van der Waals surface area (Å²) < 4.78 is 18.6. The third-order valence-corrected chi connectivity index (χ3v) is 5.24. The predicted octanol–water partition coefficient (Wildman–Crippen LogP) is 4.75. The van der Waals surface area contributed by atoms with Crippen LogP contribution in [0.4, 0.5) is 15.8 Å². The number of hydrogen-bond donors (Lipinski definition) is 3. The van der Waals surface area contributed by atoms with E-state index in [9.17, 15) is 14.0 Å². The van der Waals surface area contributed by atoms with Crippen LogP contribution in [-0.4, -0.2) is 18.9 Å². The van der Waals surface area contributed by atoms with Gasteiger partial charge in [0.05, 0.1) is 18.5 Å². The molecule has 4 aromatic carbocycles. The van der Waals surface area contributed by atoms with Crippen LogP contribution in [0.1, 0.15) is 26.3 Å². The molecule has 6 nitrogen and oxygen atoms in total. The van der Waals surface area contributed by atoms with Gasteiger partial charge in [0.2, 0.25) is 0 Å². The zero-order valence-electron chi connectivity index (χ0n) is 17.9. The number of nitrogen functional groups attached to an aromatic ring is 1. The van der Waals surface area contributed by atoms with Gasteiger partial charge in [-0.25, -0.2) is 4.39 Å². The maximum atomic E-state index is 13.4. The van der Waals surface area contributed by atoms with E-state index in [1.807, 2.05) is 30.3 Å². The Hall–Kier alpha value is -4.39. The molecule has 0 bridgehead atoms. The van der Waals surface area contributed by atoms with Crippen molar-refractivity contribution in [1.82, 2.24) is 5.32 Å². The second kappa shape index (κ2) is 9.40. The Bertz CT molecular complexity index is 1340. The summed E-state index contributed by atoms with van der Waals surface area (Å²) in [5.41, 5.74) is 8.03. The lowest BCUT2D eigenvalue weighted by atomic mass is 10.1. The van der Waals surface area contributed by atoms with Crippen LogP contribution >= 0.6 is 0 Å². The standard InChI is InChI=1S/C26H22FN3O3/c1-33-22-10-8-18-12-20(7-6-19(18)13-22)25(31)29-15-16-2-4-17(5-3-16)26(32)30-24-14-21(27)9-11-23(24)28/h2-14H,15,28H2,1H3,(H,29,31)(H,30,32). The van der Waals surface area contributed by atoms with E-state index >= 15 is 0 Å². The van der Waals surface area contributed by atoms with Crippen molar-refractivity contribution in [3.8, 4) is 5.75 Å². The van der Waals surface area contributed by atoms with Crippen molar-refractivity contribution in [2.75, 3.05) is 18.2 Å². The molecule has 0 radical (unpaired) electrons. The van der Waals surface area contributed by atoms with Gasteiger partial charge in [-0.05, 0) is 70.9 Å². The van der Waals surface area contributed by atoms with E-state index in [-0.39, 0.29) is 17.3 Å². The summed E-state index contributed by atoms with van der Waals surface area (Å²) in [7, 11) is 1.61. The molecule has 0 aliphatic rings. The van der Waals surface area contributed by atoms with Crippen LogP contribution in [0.25, 0.3) is 10.8 Å². The molecule has 0 spiro atoms. The Balaban J connectivity index is 1.38. The van der Waals surface area contributed by atoms with Gasteiger partial charge < -0.3 is 21.1 Å². The molecule has 0 saturated carbocycles. The first kappa shape index (κ1) is 21.8. The zero-order chi connectivity index (χ0) is 23.4. The quantitative estimate of drug-likeness (QED) is 0.375. The molecular formula is C26H22FN3O3. The van der Waals surface area contributed by atoms with Gasteiger partial charge in [0, 0.05) is 17.7 Å². The first-order valence-corrected chi connectivity index (χ1v) is 10.2. The van der Waals surface area contributed by atoms with Crippen molar-refractivity contribution in [3.05, 3.63) is 101 Å². The van der Waals surface area contributed by atoms with Crippen molar-refractivity contribution in [2.24, 2.45) is 0 Å². The summed E-state index contributed by atoms with van der Waals surface area (Å²) in [6.07, 6.45) is 0. The number of carbonyl (C=O) groups is 2. The molecule has 33 heavy (non-hydrogen) atoms. The highest BCUT2D eigenvalue weighted by Gasteiger charge is 2.10. The molecule has 0 aliphatic heterocycles. The number of benzene rings is 4. The Labute approximate surface area is 190 Å². The number of carbonyl (C=O) groups excluding carboxylic acids is 2. The number of halogens is 1. The molecule has 0 aromatic heterocycles. The van der Waals surface area contributed by atoms with E-state index in [4.69, 9.17) is 10.5 Å². The molecule has 4 N–H and O–H groups in total. The first-order chi connectivity index (χ1) is 15.9. The fourth-order valence-corrected chi connectivity index (χ4v) is 3.38. The minimum Gasteiger partial charge on any atom is -0.497 e. The molecule has 0 aliphatic carbocycles. The van der Waals surface area contributed by atoms with Crippen LogP contribution in [0.3, 0.4) is 0 Å². The highest BCUT2D eigenvalue weighted by atomic mass is 19.1. The van der Waals surface area contributed by atoms with Crippen molar-refractivity contribution in [3.63, 3.8) is 0 Å². The number of fused-ring (bicyclic) bond motifs is 1. The van der Waals surface area contributed by atoms with E-state index in [1.54, 1.807) is 37.4 Å². The maximum absolute atomic E-state index is 13.4. The molecule has 0 heterocycles. The summed E-state index contributed by atoms with van der Waals surface area (Å²) in [4.78, 5) is 25.0. The van der Waals surface area contributed by atoms with E-state index in [0.29, 0.717) is 17.7 Å². The number of methoxy groups -OCH3 is 1. The van der Waals surface area contributed by atoms with Gasteiger partial charge in [-0.3, -0.25) is 9.59 Å². The van der Waals surface area contributed by atoms with Crippen LogP contribution in [0.5, 0.6) is 5.75 Å². The summed E-state index contributed by atoms with van der Waals surface area (Å²) in [5, 5.41) is 7.41. The first-order valence-electron chi connectivity index (χ1n) is 10.2. The molecule has 7 heteroatoms. The average Bonchev–Trinajstić information content (AvgIpc) is 2.84. The Kier molecular flexibility index (Phi) is 6.22. The lowest BCUT2D eigenvalue weighted by Gasteiger charge is -2.10. The Morgan fingerprint density at radius 1 is 0.848 bits per heavy atom. The summed E-state index contributed by atoms with van der Waals surface area (Å²) >= 11 is 0. The van der Waals surface area contributed by atoms with Gasteiger partial charge in [0.25, 0.3) is 11.8 Å². The van der Waals surface area contributed by atoms with Crippen molar-refractivity contribution in [2.45, 2.75) is 6.54 Å². The van der Waals surface area contributed by atoms with Crippen LogP contribution < -0.4 is 21.1 Å². The van der Waals surface area contributed by atoms with Crippen LogP contribution in [-0.2, 0) is 6.54 Å². The lowest BCUT2D eigenvalue weighted by molar-refractivity contribution is 0.0950. The molecule has 166 valence electrons. The van der Waals surface area contributed by atoms with Gasteiger partial charge in [-0.15, -0.1) is 0 Å². The molecule has 0 fully saturated rings. The van der Waals surface area contributed by atoms with Crippen LogP contribution in [0, 0.1) is 5.82 Å². The molecule has 0 saturated heterocycles. The number of amides is 2. The second-order valence-corrected chi connectivity index (χ2v) is 7.49. The smallest absolute Gasteiger partial charge is 0.255 e. The summed E-state index contributed by atoms with van der Waals surface area (Å²) in [6.45, 7) is 0.304. The third kappa shape index (κ3) is 5.10. The fourth-order valence-electron chi connectivity index (χ4n) is 3.38. The van der Waals surface area contributed by atoms with Crippen LogP contribution in [0.2, 0.25) is 0 Å². The minimum atomic E-state index is -0.489. The van der Waals surface area contributed by atoms with E-state index in [0.717, 1.165) is 22.1 Å². The van der Waals surface area contributed by atoms with Crippen LogP contribution in [0.15, 0.2) is 78.9 Å². The number of nitrogens with one attached hydrogen (secondary N) is 2. The van der Waals surface area contributed by atoms with E-state index in [2.05, 4.69) is 10.6 Å². The largest absolute Gasteiger partial charge is 0.497 e. The van der Waals surface area contributed by atoms with Gasteiger partial charge in [-0.2, -0.15) is 0 Å². The topological polar surface area (TPSA) is 93.4 Å². The van der Waals surface area contributed by atoms with Crippen molar-refractivity contribution < 1.29 is 18.7 Å². The summed E-state index contributed by atoms with van der Waals surface area (Å²) in [5.74, 6) is -0.334. The monoisotopic (exact) mass is 443 g/mol. The highest BCUT2D eigenvalue weighted by Crippen LogP contribution is 2.22. The molecule has 4 aromatic rings. The number of nitrogens with two attached hydrogens (primary N) is 1. The van der Waals surface area contributed by atoms with Crippen molar-refractivity contribution >= 4 is 34.0 Å². The number of anilines is 2. The maximum Gasteiger partial charge on any atom is 0.255 e. The van der Waals surface area contributed by atoms with Gasteiger partial charge in [0.15, 0.2) is 0 Å². The van der Waals surface area contributed by atoms with E-state index < -0.39 is 11.7 Å². The third-order valence-electron chi connectivity index (χ3n) is 5.24. The summed E-state index contributed by atoms with van der Waals surface area (Å²) in [6, 6.07) is 21.7. The molecular weight excluding hydrogens is 421 g/mol. The number of rotatable bonds is 6. The van der Waals surface area contributed by atoms with E-state index in [1.165, 1.54) is 18.2 Å². The number of ether oxygens (including phenoxy) is 1. The van der Waals surface area contributed by atoms with Gasteiger partial charge in [0.1, 0.15) is 11.6 Å². The lowest BCUT2D eigenvalue weighted by Crippen LogP contribution is -2.22. The normalized spacial score (nSPS) is 10.6. The Morgan fingerprint density at radius 3 is 2.30 bits per heavy atom. The number of hydrogen-bond acceptors (Lipinski definition) is 4. The minimum absolute atomic E-state index is 0.198. The SMILES string of the molecule is COc1ccc2cc(C(=O)NCc3ccc(C(=O)Nc4cc(F)ccc4N)cc3)ccc2c1. The highest BCUT2D eigenvalue weighted by molar-refractivity contribution is 6.05. The predicted molar refractivity (Wildman–Crippen MR) is 127 cm³/mol. The molecule has 0 unspecified atom stereocenters. The van der Waals surface area contributed by atoms with Crippen molar-refractivity contribution in [1.29, 1.82) is 0 Å². The van der Waals surface area contributed by atoms with Gasteiger partial charge in [-0.1, -0.05) is 24.3 Å². The molecule has 2 amide bonds. The second-order valence-electron chi connectivity index (χ2n) is 7.49. The fraction of sp³-hybridized carbons (Fsp3) is 0.0769. The average molecular weight is 443 g/mol. The Morgan fingerprint density at radius 2 is 1.55 bits per heavy atom. The van der Waals surface area contributed by atoms with Gasteiger partial charge >= 0.3 is 0 Å². The zero-order valence-corrected chi connectivity index (χ0v) is 17.9.